The molecule has 0 saturated carbocycles. The van der Waals surface area contributed by atoms with Crippen LogP contribution >= 0.6 is 0 Å². The van der Waals surface area contributed by atoms with Gasteiger partial charge in [0.1, 0.15) is 11.8 Å². The summed E-state index contributed by atoms with van der Waals surface area (Å²) in [6.45, 7) is 2.66. The zero-order valence-electron chi connectivity index (χ0n) is 15.4. The molecule has 0 bridgehead atoms. The van der Waals surface area contributed by atoms with Crippen molar-refractivity contribution in [3.63, 3.8) is 0 Å². The highest BCUT2D eigenvalue weighted by Gasteiger charge is 2.30. The Morgan fingerprint density at radius 2 is 1.89 bits per heavy atom. The van der Waals surface area contributed by atoms with E-state index in [-0.39, 0.29) is 49.8 Å². The normalized spacial score (nSPS) is 16.8. The highest BCUT2D eigenvalue weighted by atomic mass is 32.2. The third-order valence-corrected chi connectivity index (χ3v) is 6.48. The number of sulfonamides is 1. The van der Waals surface area contributed by atoms with Gasteiger partial charge in [0.15, 0.2) is 0 Å². The van der Waals surface area contributed by atoms with Crippen molar-refractivity contribution in [3.8, 4) is 5.75 Å². The van der Waals surface area contributed by atoms with Gasteiger partial charge in [-0.2, -0.15) is 4.31 Å². The molecule has 1 heterocycles. The summed E-state index contributed by atoms with van der Waals surface area (Å²) in [5.41, 5.74) is 6.13. The summed E-state index contributed by atoms with van der Waals surface area (Å²) in [6, 6.07) is 3.62. The van der Waals surface area contributed by atoms with E-state index in [2.05, 4.69) is 0 Å². The predicted molar refractivity (Wildman–Crippen MR) is 97.9 cm³/mol. The molecule has 1 aromatic rings. The Morgan fingerprint density at radius 1 is 1.26 bits per heavy atom. The second-order valence-corrected chi connectivity index (χ2v) is 8.34. The van der Waals surface area contributed by atoms with Crippen LogP contribution in [-0.4, -0.2) is 73.9 Å². The van der Waals surface area contributed by atoms with Gasteiger partial charge < -0.3 is 20.5 Å². The minimum atomic E-state index is -3.65. The van der Waals surface area contributed by atoms with Crippen LogP contribution in [-0.2, 0) is 19.6 Å². The fourth-order valence-electron chi connectivity index (χ4n) is 2.90. The maximum atomic E-state index is 12.8. The zero-order chi connectivity index (χ0) is 20.2. The van der Waals surface area contributed by atoms with Gasteiger partial charge in [-0.15, -0.1) is 0 Å². The van der Waals surface area contributed by atoms with E-state index in [0.717, 1.165) is 5.56 Å². The molecule has 3 N–H and O–H groups in total. The van der Waals surface area contributed by atoms with Crippen LogP contribution in [0.1, 0.15) is 18.4 Å². The predicted octanol–water partition coefficient (Wildman–Crippen LogP) is 0.0286. The van der Waals surface area contributed by atoms with E-state index in [1.54, 1.807) is 24.0 Å². The number of carbonyl (C=O) groups is 2. The van der Waals surface area contributed by atoms with Gasteiger partial charge in [-0.05, 0) is 37.1 Å². The quantitative estimate of drug-likeness (QED) is 0.661. The van der Waals surface area contributed by atoms with Crippen LogP contribution < -0.4 is 10.5 Å². The highest BCUT2D eigenvalue weighted by Crippen LogP contribution is 2.24. The minimum Gasteiger partial charge on any atom is -0.496 e. The van der Waals surface area contributed by atoms with Gasteiger partial charge in [0.2, 0.25) is 15.9 Å². The number of ether oxygens (including phenoxy) is 1. The molecule has 0 radical (unpaired) electrons. The zero-order valence-corrected chi connectivity index (χ0v) is 16.2. The number of piperazine rings is 1. The molecule has 2 rings (SSSR count). The van der Waals surface area contributed by atoms with E-state index in [4.69, 9.17) is 15.6 Å². The molecule has 150 valence electrons. The van der Waals surface area contributed by atoms with Crippen LogP contribution in [0.25, 0.3) is 0 Å². The number of carboxylic acid groups (broad SMARTS) is 1. The first-order chi connectivity index (χ1) is 12.7. The summed E-state index contributed by atoms with van der Waals surface area (Å²) >= 11 is 0. The number of methoxy groups -OCH3 is 1. The number of carboxylic acids is 1. The number of hydrogen-bond acceptors (Lipinski definition) is 6. The van der Waals surface area contributed by atoms with Crippen molar-refractivity contribution >= 4 is 21.9 Å². The lowest BCUT2D eigenvalue weighted by molar-refractivity contribution is -0.139. The summed E-state index contributed by atoms with van der Waals surface area (Å²) in [5.74, 6) is -0.749. The van der Waals surface area contributed by atoms with Gasteiger partial charge in [0, 0.05) is 32.6 Å². The van der Waals surface area contributed by atoms with Gasteiger partial charge in [0.25, 0.3) is 0 Å². The summed E-state index contributed by atoms with van der Waals surface area (Å²) in [4.78, 5) is 24.6. The number of hydrogen-bond donors (Lipinski definition) is 2. The summed E-state index contributed by atoms with van der Waals surface area (Å²) in [6.07, 6.45) is 0.0791. The van der Waals surface area contributed by atoms with E-state index in [9.17, 15) is 18.0 Å². The maximum absolute atomic E-state index is 12.8. The molecule has 1 amide bonds. The van der Waals surface area contributed by atoms with Crippen LogP contribution in [0.5, 0.6) is 5.75 Å². The SMILES string of the molecule is COc1ccc(S(=O)(=O)N2CCN(C(=O)CC[C@H](N)C(=O)O)CC2)cc1C. The van der Waals surface area contributed by atoms with E-state index in [1.165, 1.54) is 17.5 Å². The molecule has 1 aromatic carbocycles. The number of nitrogens with two attached hydrogens (primary N) is 1. The molecule has 1 aliphatic rings. The highest BCUT2D eigenvalue weighted by molar-refractivity contribution is 7.89. The summed E-state index contributed by atoms with van der Waals surface area (Å²) in [5, 5.41) is 8.76. The van der Waals surface area contributed by atoms with Crippen molar-refractivity contribution in [2.24, 2.45) is 5.73 Å². The van der Waals surface area contributed by atoms with Gasteiger partial charge in [-0.1, -0.05) is 0 Å². The van der Waals surface area contributed by atoms with Crippen molar-refractivity contribution in [3.05, 3.63) is 23.8 Å². The monoisotopic (exact) mass is 399 g/mol. The Hall–Kier alpha value is -2.17. The van der Waals surface area contributed by atoms with Crippen molar-refractivity contribution < 1.29 is 27.9 Å². The van der Waals surface area contributed by atoms with E-state index in [1.807, 2.05) is 0 Å². The number of rotatable bonds is 7. The minimum absolute atomic E-state index is 0.0257. The van der Waals surface area contributed by atoms with Crippen molar-refractivity contribution in [1.82, 2.24) is 9.21 Å². The molecule has 27 heavy (non-hydrogen) atoms. The van der Waals surface area contributed by atoms with Crippen LogP contribution in [0, 0.1) is 6.92 Å². The molecule has 0 unspecified atom stereocenters. The molecule has 1 fully saturated rings. The summed E-state index contributed by atoms with van der Waals surface area (Å²) in [7, 11) is -2.13. The van der Waals surface area contributed by atoms with Gasteiger partial charge in [-0.3, -0.25) is 9.59 Å². The lowest BCUT2D eigenvalue weighted by atomic mass is 10.1. The Balaban J connectivity index is 1.97. The van der Waals surface area contributed by atoms with E-state index >= 15 is 0 Å². The number of carbonyl (C=O) groups excluding carboxylic acids is 1. The second-order valence-electron chi connectivity index (χ2n) is 6.40. The Bertz CT molecular complexity index is 803. The second kappa shape index (κ2) is 8.68. The fourth-order valence-corrected chi connectivity index (χ4v) is 4.41. The molecule has 10 heteroatoms. The first-order valence-electron chi connectivity index (χ1n) is 8.57. The molecular formula is C17H25N3O6S. The average Bonchev–Trinajstić information content (AvgIpc) is 2.65. The number of amides is 1. The van der Waals surface area contributed by atoms with Crippen LogP contribution in [0.4, 0.5) is 0 Å². The van der Waals surface area contributed by atoms with Crippen LogP contribution in [0.3, 0.4) is 0 Å². The van der Waals surface area contributed by atoms with Crippen molar-refractivity contribution in [1.29, 1.82) is 0 Å². The third kappa shape index (κ3) is 4.96. The lowest BCUT2D eigenvalue weighted by Crippen LogP contribution is -2.50. The Kier molecular flexibility index (Phi) is 6.79. The third-order valence-electron chi connectivity index (χ3n) is 4.58. The van der Waals surface area contributed by atoms with Crippen molar-refractivity contribution in [2.75, 3.05) is 33.3 Å². The smallest absolute Gasteiger partial charge is 0.320 e. The van der Waals surface area contributed by atoms with E-state index in [0.29, 0.717) is 5.75 Å². The Morgan fingerprint density at radius 3 is 2.41 bits per heavy atom. The van der Waals surface area contributed by atoms with Crippen LogP contribution in [0.15, 0.2) is 23.1 Å². The first kappa shape index (κ1) is 21.1. The summed E-state index contributed by atoms with van der Waals surface area (Å²) < 4.78 is 32.1. The lowest BCUT2D eigenvalue weighted by Gasteiger charge is -2.34. The molecule has 9 nitrogen and oxygen atoms in total. The molecule has 1 atom stereocenters. The first-order valence-corrected chi connectivity index (χ1v) is 10.0. The Labute approximate surface area is 158 Å². The van der Waals surface area contributed by atoms with Crippen LogP contribution in [0.2, 0.25) is 0 Å². The largest absolute Gasteiger partial charge is 0.496 e. The van der Waals surface area contributed by atoms with Gasteiger partial charge >= 0.3 is 5.97 Å². The molecule has 1 aliphatic heterocycles. The maximum Gasteiger partial charge on any atom is 0.320 e. The number of benzene rings is 1. The van der Waals surface area contributed by atoms with E-state index < -0.39 is 22.0 Å². The molecule has 0 aliphatic carbocycles. The number of aliphatic carboxylic acids is 1. The van der Waals surface area contributed by atoms with Crippen molar-refractivity contribution in [2.45, 2.75) is 30.7 Å². The molecular weight excluding hydrogens is 374 g/mol. The molecule has 0 aromatic heterocycles. The average molecular weight is 399 g/mol. The fraction of sp³-hybridized carbons (Fsp3) is 0.529. The van der Waals surface area contributed by atoms with Gasteiger partial charge in [0.05, 0.1) is 12.0 Å². The molecule has 0 spiro atoms. The standard InChI is InChI=1S/C17H25N3O6S/c1-12-11-13(3-5-15(12)26-2)27(24,25)20-9-7-19(8-10-20)16(21)6-4-14(18)17(22)23/h3,5,11,14H,4,6-10,18H2,1-2H3,(H,22,23)/t14-/m0/s1. The molecule has 1 saturated heterocycles. The topological polar surface area (TPSA) is 130 Å². The number of nitrogens with zero attached hydrogens (tertiary/aromatic N) is 2. The van der Waals surface area contributed by atoms with Gasteiger partial charge in [-0.25, -0.2) is 8.42 Å². The number of aryl methyl sites for hydroxylation is 1.